The predicted molar refractivity (Wildman–Crippen MR) is 77.1 cm³/mol. The van der Waals surface area contributed by atoms with Crippen molar-refractivity contribution in [2.24, 2.45) is 0 Å². The number of aromatic nitrogens is 3. The topological polar surface area (TPSA) is 77.8 Å². The van der Waals surface area contributed by atoms with Crippen molar-refractivity contribution in [3.63, 3.8) is 0 Å². The van der Waals surface area contributed by atoms with E-state index in [0.29, 0.717) is 27.8 Å². The second-order valence-electron chi connectivity index (χ2n) is 4.29. The molecule has 0 saturated carbocycles. The minimum Gasteiger partial charge on any atom is -0.398 e. The molecule has 0 bridgehead atoms. The fourth-order valence-corrected chi connectivity index (χ4v) is 2.13. The lowest BCUT2D eigenvalue weighted by Crippen LogP contribution is -1.91. The third-order valence-corrected chi connectivity index (χ3v) is 3.12. The predicted octanol–water partition coefficient (Wildman–Crippen LogP) is 3.34. The van der Waals surface area contributed by atoms with Crippen LogP contribution >= 0.6 is 11.6 Å². The Bertz CT molecular complexity index is 749. The van der Waals surface area contributed by atoms with Gasteiger partial charge in [-0.15, -0.1) is 0 Å². The van der Waals surface area contributed by atoms with Crippen molar-refractivity contribution in [2.45, 2.75) is 6.92 Å². The van der Waals surface area contributed by atoms with Crippen molar-refractivity contribution in [2.75, 3.05) is 5.73 Å². The van der Waals surface area contributed by atoms with E-state index in [1.165, 1.54) is 0 Å². The number of aryl methyl sites for hydroxylation is 1. The fraction of sp³-hybridized carbons (Fsp3) is 0.0714. The van der Waals surface area contributed by atoms with Crippen molar-refractivity contribution in [1.29, 1.82) is 0 Å². The molecule has 2 aromatic heterocycles. The zero-order chi connectivity index (χ0) is 14.1. The molecule has 0 unspecified atom stereocenters. The van der Waals surface area contributed by atoms with Gasteiger partial charge in [0.05, 0.1) is 10.6 Å². The van der Waals surface area contributed by atoms with Gasteiger partial charge in [0, 0.05) is 11.4 Å². The highest BCUT2D eigenvalue weighted by molar-refractivity contribution is 6.33. The van der Waals surface area contributed by atoms with E-state index in [-0.39, 0.29) is 5.89 Å². The van der Waals surface area contributed by atoms with Gasteiger partial charge >= 0.3 is 0 Å². The standard InChI is InChI=1S/C14H11ClN4O/c1-8-4-2-7-11(17-8)13-18-14(20-19-13)12-9(15)5-3-6-10(12)16/h2-7H,16H2,1H3. The summed E-state index contributed by atoms with van der Waals surface area (Å²) in [6.45, 7) is 1.90. The Morgan fingerprint density at radius 1 is 1.10 bits per heavy atom. The minimum atomic E-state index is 0.284. The number of benzene rings is 1. The molecule has 0 aliphatic rings. The van der Waals surface area contributed by atoms with Crippen LogP contribution in [0.4, 0.5) is 5.69 Å². The Morgan fingerprint density at radius 2 is 1.90 bits per heavy atom. The molecule has 0 amide bonds. The van der Waals surface area contributed by atoms with E-state index in [4.69, 9.17) is 21.9 Å². The van der Waals surface area contributed by atoms with Crippen LogP contribution < -0.4 is 5.73 Å². The van der Waals surface area contributed by atoms with Crippen molar-refractivity contribution >= 4 is 17.3 Å². The first-order valence-electron chi connectivity index (χ1n) is 5.97. The molecule has 0 aliphatic heterocycles. The monoisotopic (exact) mass is 286 g/mol. The van der Waals surface area contributed by atoms with Gasteiger partial charge in [0.2, 0.25) is 5.82 Å². The van der Waals surface area contributed by atoms with E-state index >= 15 is 0 Å². The maximum atomic E-state index is 6.12. The molecule has 100 valence electrons. The number of anilines is 1. The van der Waals surface area contributed by atoms with Gasteiger partial charge in [-0.2, -0.15) is 4.98 Å². The van der Waals surface area contributed by atoms with Gasteiger partial charge in [0.25, 0.3) is 5.89 Å². The molecule has 3 rings (SSSR count). The molecule has 2 heterocycles. The van der Waals surface area contributed by atoms with Crippen LogP contribution in [0.25, 0.3) is 23.0 Å². The van der Waals surface area contributed by atoms with Gasteiger partial charge in [-0.25, -0.2) is 4.98 Å². The highest BCUT2D eigenvalue weighted by Crippen LogP contribution is 2.32. The third kappa shape index (κ3) is 2.23. The maximum absolute atomic E-state index is 6.12. The number of hydrogen-bond acceptors (Lipinski definition) is 5. The summed E-state index contributed by atoms with van der Waals surface area (Å²) in [7, 11) is 0. The normalized spacial score (nSPS) is 10.7. The molecule has 0 spiro atoms. The summed E-state index contributed by atoms with van der Waals surface area (Å²) in [6.07, 6.45) is 0. The minimum absolute atomic E-state index is 0.284. The summed E-state index contributed by atoms with van der Waals surface area (Å²) >= 11 is 6.12. The molecule has 0 radical (unpaired) electrons. The molecule has 0 aliphatic carbocycles. The summed E-state index contributed by atoms with van der Waals surface area (Å²) in [5.41, 5.74) is 8.46. The van der Waals surface area contributed by atoms with E-state index in [9.17, 15) is 0 Å². The Labute approximate surface area is 120 Å². The van der Waals surface area contributed by atoms with Crippen LogP contribution in [-0.2, 0) is 0 Å². The molecule has 1 aromatic carbocycles. The summed E-state index contributed by atoms with van der Waals surface area (Å²) < 4.78 is 5.24. The van der Waals surface area contributed by atoms with Crippen LogP contribution in [-0.4, -0.2) is 15.1 Å². The maximum Gasteiger partial charge on any atom is 0.261 e. The lowest BCUT2D eigenvalue weighted by molar-refractivity contribution is 0.432. The highest BCUT2D eigenvalue weighted by Gasteiger charge is 2.16. The zero-order valence-corrected chi connectivity index (χ0v) is 11.4. The average Bonchev–Trinajstić information content (AvgIpc) is 2.88. The quantitative estimate of drug-likeness (QED) is 0.731. The van der Waals surface area contributed by atoms with Crippen LogP contribution in [0, 0.1) is 6.92 Å². The number of nitrogens with two attached hydrogens (primary N) is 1. The summed E-state index contributed by atoms with van der Waals surface area (Å²) in [5.74, 6) is 0.689. The number of pyridine rings is 1. The van der Waals surface area contributed by atoms with Crippen molar-refractivity contribution in [3.05, 3.63) is 47.1 Å². The molecule has 0 atom stereocenters. The van der Waals surface area contributed by atoms with Crippen molar-refractivity contribution in [3.8, 4) is 23.0 Å². The van der Waals surface area contributed by atoms with Gasteiger partial charge < -0.3 is 10.3 Å². The average molecular weight is 287 g/mol. The van der Waals surface area contributed by atoms with E-state index in [2.05, 4.69) is 15.1 Å². The van der Waals surface area contributed by atoms with Crippen LogP contribution in [0.15, 0.2) is 40.9 Å². The van der Waals surface area contributed by atoms with Gasteiger partial charge in [-0.05, 0) is 31.2 Å². The second kappa shape index (κ2) is 4.94. The van der Waals surface area contributed by atoms with Crippen LogP contribution in [0.3, 0.4) is 0 Å². The van der Waals surface area contributed by atoms with Crippen molar-refractivity contribution < 1.29 is 4.52 Å². The molecular weight excluding hydrogens is 276 g/mol. The molecular formula is C14H11ClN4O. The fourth-order valence-electron chi connectivity index (χ4n) is 1.86. The van der Waals surface area contributed by atoms with Crippen LogP contribution in [0.2, 0.25) is 5.02 Å². The van der Waals surface area contributed by atoms with Crippen molar-refractivity contribution in [1.82, 2.24) is 15.1 Å². The molecule has 20 heavy (non-hydrogen) atoms. The van der Waals surface area contributed by atoms with Crippen LogP contribution in [0.5, 0.6) is 0 Å². The summed E-state index contributed by atoms with van der Waals surface area (Å²) in [4.78, 5) is 8.65. The van der Waals surface area contributed by atoms with E-state index in [1.54, 1.807) is 18.2 Å². The van der Waals surface area contributed by atoms with Gasteiger partial charge in [0.15, 0.2) is 0 Å². The van der Waals surface area contributed by atoms with E-state index in [1.807, 2.05) is 25.1 Å². The Hall–Kier alpha value is -2.40. The number of rotatable bonds is 2. The van der Waals surface area contributed by atoms with Gasteiger partial charge in [0.1, 0.15) is 5.69 Å². The van der Waals surface area contributed by atoms with E-state index < -0.39 is 0 Å². The SMILES string of the molecule is Cc1cccc(-c2noc(-c3c(N)cccc3Cl)n2)n1. The lowest BCUT2D eigenvalue weighted by Gasteiger charge is -2.01. The molecule has 2 N–H and O–H groups in total. The molecule has 3 aromatic rings. The largest absolute Gasteiger partial charge is 0.398 e. The van der Waals surface area contributed by atoms with E-state index in [0.717, 1.165) is 5.69 Å². The Balaban J connectivity index is 2.07. The smallest absolute Gasteiger partial charge is 0.261 e. The first-order chi connectivity index (χ1) is 9.65. The molecule has 6 heteroatoms. The molecule has 5 nitrogen and oxygen atoms in total. The number of halogens is 1. The van der Waals surface area contributed by atoms with Crippen LogP contribution in [0.1, 0.15) is 5.69 Å². The molecule has 0 saturated heterocycles. The first kappa shape index (κ1) is 12.6. The van der Waals surface area contributed by atoms with Gasteiger partial charge in [-0.3, -0.25) is 0 Å². The number of nitrogens with zero attached hydrogens (tertiary/aromatic N) is 3. The third-order valence-electron chi connectivity index (χ3n) is 2.80. The second-order valence-corrected chi connectivity index (χ2v) is 4.70. The van der Waals surface area contributed by atoms with Gasteiger partial charge in [-0.1, -0.05) is 28.9 Å². The number of nitrogen functional groups attached to an aromatic ring is 1. The summed E-state index contributed by atoms with van der Waals surface area (Å²) in [5, 5.41) is 4.39. The molecule has 0 fully saturated rings. The number of hydrogen-bond donors (Lipinski definition) is 1. The Kier molecular flexibility index (Phi) is 3.12. The Morgan fingerprint density at radius 3 is 2.65 bits per heavy atom. The zero-order valence-electron chi connectivity index (χ0n) is 10.7. The first-order valence-corrected chi connectivity index (χ1v) is 6.35. The highest BCUT2D eigenvalue weighted by atomic mass is 35.5. The lowest BCUT2D eigenvalue weighted by atomic mass is 10.2. The summed E-state index contributed by atoms with van der Waals surface area (Å²) in [6, 6.07) is 10.8.